The van der Waals surface area contributed by atoms with Crippen LogP contribution in [0.15, 0.2) is 0 Å². The first-order chi connectivity index (χ1) is 10.5. The zero-order valence-corrected chi connectivity index (χ0v) is 14.3. The van der Waals surface area contributed by atoms with E-state index in [1.165, 1.54) is 12.8 Å². The second-order valence-electron chi connectivity index (χ2n) is 7.65. The molecule has 126 valence electrons. The Morgan fingerprint density at radius 3 is 2.41 bits per heavy atom. The molecule has 22 heavy (non-hydrogen) atoms. The monoisotopic (exact) mass is 309 g/mol. The van der Waals surface area contributed by atoms with Gasteiger partial charge in [0.2, 0.25) is 0 Å². The molecule has 2 amide bonds. The number of likely N-dealkylation sites (N-methyl/N-ethyl adjacent to an activating group) is 1. The van der Waals surface area contributed by atoms with Gasteiger partial charge in [-0.15, -0.1) is 0 Å². The number of nitrogens with zero attached hydrogens (tertiary/aromatic N) is 2. The third-order valence-electron chi connectivity index (χ3n) is 5.97. The zero-order chi connectivity index (χ0) is 15.7. The Labute approximate surface area is 134 Å². The molecule has 3 rings (SSSR count). The van der Waals surface area contributed by atoms with Crippen LogP contribution in [0.5, 0.6) is 0 Å². The number of piperazine rings is 1. The van der Waals surface area contributed by atoms with Gasteiger partial charge in [0.05, 0.1) is 13.2 Å². The van der Waals surface area contributed by atoms with Crippen molar-refractivity contribution in [2.24, 2.45) is 5.41 Å². The van der Waals surface area contributed by atoms with Crippen LogP contribution in [0.2, 0.25) is 0 Å². The van der Waals surface area contributed by atoms with Gasteiger partial charge in [0.15, 0.2) is 0 Å². The lowest BCUT2D eigenvalue weighted by molar-refractivity contribution is -0.133. The van der Waals surface area contributed by atoms with Crippen molar-refractivity contribution in [3.05, 3.63) is 0 Å². The van der Waals surface area contributed by atoms with Gasteiger partial charge in [-0.3, -0.25) is 4.90 Å². The standard InChI is InChI=1S/C17H31N3O2/c1-4-19-9-14(3)20(10-13(19)2)16(21)18-15-5-7-17(8-6-15)11-22-12-17/h13-15H,4-12H2,1-3H3,(H,18,21). The Bertz CT molecular complexity index is 401. The maximum atomic E-state index is 12.6. The van der Waals surface area contributed by atoms with Crippen LogP contribution in [0.3, 0.4) is 0 Å². The summed E-state index contributed by atoms with van der Waals surface area (Å²) in [6.45, 7) is 11.3. The maximum Gasteiger partial charge on any atom is 0.317 e. The summed E-state index contributed by atoms with van der Waals surface area (Å²) in [4.78, 5) is 17.1. The second-order valence-corrected chi connectivity index (χ2v) is 7.65. The van der Waals surface area contributed by atoms with Crippen LogP contribution in [0.4, 0.5) is 4.79 Å². The molecule has 0 aromatic rings. The molecule has 5 nitrogen and oxygen atoms in total. The van der Waals surface area contributed by atoms with Gasteiger partial charge in [0, 0.05) is 36.6 Å². The number of rotatable bonds is 2. The minimum atomic E-state index is 0.140. The van der Waals surface area contributed by atoms with Gasteiger partial charge in [0.25, 0.3) is 0 Å². The van der Waals surface area contributed by atoms with Gasteiger partial charge in [-0.25, -0.2) is 4.79 Å². The van der Waals surface area contributed by atoms with Crippen LogP contribution >= 0.6 is 0 Å². The van der Waals surface area contributed by atoms with Gasteiger partial charge in [-0.1, -0.05) is 6.92 Å². The highest BCUT2D eigenvalue weighted by molar-refractivity contribution is 5.75. The minimum absolute atomic E-state index is 0.140. The molecule has 2 aliphatic heterocycles. The van der Waals surface area contributed by atoms with E-state index in [0.717, 1.165) is 45.7 Å². The quantitative estimate of drug-likeness (QED) is 0.849. The van der Waals surface area contributed by atoms with Crippen LogP contribution in [0, 0.1) is 5.41 Å². The van der Waals surface area contributed by atoms with E-state index >= 15 is 0 Å². The van der Waals surface area contributed by atoms with Crippen molar-refractivity contribution in [3.63, 3.8) is 0 Å². The smallest absolute Gasteiger partial charge is 0.317 e. The number of hydrogen-bond donors (Lipinski definition) is 1. The summed E-state index contributed by atoms with van der Waals surface area (Å²) in [5.74, 6) is 0. The Balaban J connectivity index is 1.49. The van der Waals surface area contributed by atoms with Gasteiger partial charge in [0.1, 0.15) is 0 Å². The predicted octanol–water partition coefficient (Wildman–Crippen LogP) is 2.07. The molecule has 5 heteroatoms. The van der Waals surface area contributed by atoms with Crippen LogP contribution in [-0.2, 0) is 4.74 Å². The number of carbonyl (C=O) groups is 1. The van der Waals surface area contributed by atoms with Crippen molar-refractivity contribution in [2.75, 3.05) is 32.8 Å². The molecule has 1 aliphatic carbocycles. The van der Waals surface area contributed by atoms with Crippen LogP contribution in [0.25, 0.3) is 0 Å². The first kappa shape index (κ1) is 16.1. The topological polar surface area (TPSA) is 44.8 Å². The Morgan fingerprint density at radius 1 is 1.18 bits per heavy atom. The Morgan fingerprint density at radius 2 is 1.86 bits per heavy atom. The zero-order valence-electron chi connectivity index (χ0n) is 14.3. The molecule has 3 fully saturated rings. The van der Waals surface area contributed by atoms with E-state index in [1.54, 1.807) is 0 Å². The van der Waals surface area contributed by atoms with Crippen molar-refractivity contribution in [2.45, 2.75) is 64.6 Å². The van der Waals surface area contributed by atoms with Gasteiger partial charge >= 0.3 is 6.03 Å². The summed E-state index contributed by atoms with van der Waals surface area (Å²) in [6.07, 6.45) is 4.61. The average molecular weight is 309 g/mol. The number of carbonyl (C=O) groups excluding carboxylic acids is 1. The van der Waals surface area contributed by atoms with E-state index < -0.39 is 0 Å². The van der Waals surface area contributed by atoms with Crippen LogP contribution in [0.1, 0.15) is 46.5 Å². The lowest BCUT2D eigenvalue weighted by atomic mass is 9.71. The van der Waals surface area contributed by atoms with Crippen molar-refractivity contribution in [3.8, 4) is 0 Å². The predicted molar refractivity (Wildman–Crippen MR) is 86.9 cm³/mol. The van der Waals surface area contributed by atoms with Gasteiger partial charge < -0.3 is 15.0 Å². The molecular formula is C17H31N3O2. The normalized spacial score (nSPS) is 32.8. The van der Waals surface area contributed by atoms with Crippen LogP contribution < -0.4 is 5.32 Å². The lowest BCUT2D eigenvalue weighted by Crippen LogP contribution is -2.61. The number of hydrogen-bond acceptors (Lipinski definition) is 3. The summed E-state index contributed by atoms with van der Waals surface area (Å²) in [7, 11) is 0. The molecule has 0 aromatic carbocycles. The van der Waals surface area contributed by atoms with Crippen LogP contribution in [-0.4, -0.2) is 66.8 Å². The molecule has 0 bridgehead atoms. The largest absolute Gasteiger partial charge is 0.380 e. The number of urea groups is 1. The summed E-state index contributed by atoms with van der Waals surface area (Å²) >= 11 is 0. The molecule has 0 radical (unpaired) electrons. The van der Waals surface area contributed by atoms with E-state index in [2.05, 4.69) is 31.0 Å². The third-order valence-corrected chi connectivity index (χ3v) is 5.97. The van der Waals surface area contributed by atoms with E-state index in [1.807, 2.05) is 4.90 Å². The van der Waals surface area contributed by atoms with Crippen molar-refractivity contribution in [1.29, 1.82) is 0 Å². The number of ether oxygens (including phenoxy) is 1. The molecule has 2 atom stereocenters. The fraction of sp³-hybridized carbons (Fsp3) is 0.941. The molecule has 1 saturated carbocycles. The van der Waals surface area contributed by atoms with Crippen molar-refractivity contribution >= 4 is 6.03 Å². The summed E-state index contributed by atoms with van der Waals surface area (Å²) in [5, 5.41) is 3.29. The number of nitrogens with one attached hydrogen (secondary N) is 1. The molecule has 2 saturated heterocycles. The van der Waals surface area contributed by atoms with Crippen molar-refractivity contribution in [1.82, 2.24) is 15.1 Å². The highest BCUT2D eigenvalue weighted by Gasteiger charge is 2.42. The Hall–Kier alpha value is -0.810. The fourth-order valence-corrected chi connectivity index (χ4v) is 4.23. The molecule has 3 aliphatic rings. The highest BCUT2D eigenvalue weighted by Crippen LogP contribution is 2.42. The van der Waals surface area contributed by atoms with E-state index in [0.29, 0.717) is 23.5 Å². The summed E-state index contributed by atoms with van der Waals surface area (Å²) in [6, 6.07) is 1.24. The highest BCUT2D eigenvalue weighted by atomic mass is 16.5. The minimum Gasteiger partial charge on any atom is -0.380 e. The first-order valence-electron chi connectivity index (χ1n) is 8.92. The lowest BCUT2D eigenvalue weighted by Gasteiger charge is -2.47. The molecule has 0 aromatic heterocycles. The SMILES string of the molecule is CCN1CC(C)N(C(=O)NC2CCC3(CC2)COC3)CC1C. The van der Waals surface area contributed by atoms with E-state index in [-0.39, 0.29) is 6.03 Å². The fourth-order valence-electron chi connectivity index (χ4n) is 4.23. The maximum absolute atomic E-state index is 12.6. The molecule has 1 N–H and O–H groups in total. The summed E-state index contributed by atoms with van der Waals surface area (Å²) in [5.41, 5.74) is 0.454. The van der Waals surface area contributed by atoms with Crippen molar-refractivity contribution < 1.29 is 9.53 Å². The molecule has 1 spiro atoms. The number of amides is 2. The van der Waals surface area contributed by atoms with E-state index in [9.17, 15) is 4.79 Å². The molecule has 2 heterocycles. The molecule has 2 unspecified atom stereocenters. The van der Waals surface area contributed by atoms with Gasteiger partial charge in [-0.05, 0) is 46.1 Å². The van der Waals surface area contributed by atoms with Gasteiger partial charge in [-0.2, -0.15) is 0 Å². The summed E-state index contributed by atoms with van der Waals surface area (Å²) < 4.78 is 5.37. The molecular weight excluding hydrogens is 278 g/mol. The average Bonchev–Trinajstić information content (AvgIpc) is 2.48. The first-order valence-corrected chi connectivity index (χ1v) is 8.92. The second kappa shape index (κ2) is 6.36. The third kappa shape index (κ3) is 3.11. The Kier molecular flexibility index (Phi) is 4.64. The van der Waals surface area contributed by atoms with E-state index in [4.69, 9.17) is 4.74 Å².